The maximum atomic E-state index is 13.1. The van der Waals surface area contributed by atoms with E-state index < -0.39 is 17.2 Å². The summed E-state index contributed by atoms with van der Waals surface area (Å²) in [5.41, 5.74) is -0.377. The number of halogens is 2. The van der Waals surface area contributed by atoms with E-state index in [0.717, 1.165) is 31.4 Å². The molecule has 0 aliphatic heterocycles. The first kappa shape index (κ1) is 13.4. The van der Waals surface area contributed by atoms with Crippen LogP contribution in [-0.2, 0) is 11.2 Å². The predicted molar refractivity (Wildman–Crippen MR) is 64.3 cm³/mol. The van der Waals surface area contributed by atoms with Crippen LogP contribution in [0.15, 0.2) is 18.2 Å². The predicted octanol–water partition coefficient (Wildman–Crippen LogP) is 2.83. The molecular formula is C14H18F2O2. The van der Waals surface area contributed by atoms with Gasteiger partial charge in [0.25, 0.3) is 0 Å². The first-order chi connectivity index (χ1) is 8.55. The average Bonchev–Trinajstić information content (AvgIpc) is 2.34. The molecule has 0 spiro atoms. The zero-order valence-corrected chi connectivity index (χ0v) is 10.5. The van der Waals surface area contributed by atoms with Crippen LogP contribution in [0.1, 0.15) is 31.2 Å². The SMILES string of the molecule is COC1CCCCC1(O)Cc1ccc(F)c(F)c1. The van der Waals surface area contributed by atoms with Crippen molar-refractivity contribution in [3.05, 3.63) is 35.4 Å². The molecule has 1 saturated carbocycles. The monoisotopic (exact) mass is 256 g/mol. The molecule has 2 nitrogen and oxygen atoms in total. The number of hydrogen-bond donors (Lipinski definition) is 1. The van der Waals surface area contributed by atoms with Gasteiger partial charge in [-0.15, -0.1) is 0 Å². The topological polar surface area (TPSA) is 29.5 Å². The molecule has 0 radical (unpaired) electrons. The number of methoxy groups -OCH3 is 1. The fourth-order valence-corrected chi connectivity index (χ4v) is 2.73. The summed E-state index contributed by atoms with van der Waals surface area (Å²) >= 11 is 0. The van der Waals surface area contributed by atoms with Gasteiger partial charge in [0, 0.05) is 13.5 Å². The van der Waals surface area contributed by atoms with Crippen LogP contribution in [0.5, 0.6) is 0 Å². The van der Waals surface area contributed by atoms with Crippen LogP contribution in [0.2, 0.25) is 0 Å². The summed E-state index contributed by atoms with van der Waals surface area (Å²) in [5, 5.41) is 10.6. The molecule has 0 heterocycles. The van der Waals surface area contributed by atoms with Gasteiger partial charge in [0.15, 0.2) is 11.6 Å². The third-order valence-electron chi connectivity index (χ3n) is 3.70. The highest BCUT2D eigenvalue weighted by atomic mass is 19.2. The van der Waals surface area contributed by atoms with E-state index in [0.29, 0.717) is 18.4 Å². The third kappa shape index (κ3) is 2.70. The van der Waals surface area contributed by atoms with E-state index in [4.69, 9.17) is 4.74 Å². The van der Waals surface area contributed by atoms with Crippen LogP contribution in [0, 0.1) is 11.6 Å². The van der Waals surface area contributed by atoms with Gasteiger partial charge in [0.1, 0.15) is 0 Å². The van der Waals surface area contributed by atoms with E-state index >= 15 is 0 Å². The van der Waals surface area contributed by atoms with Gasteiger partial charge in [-0.2, -0.15) is 0 Å². The van der Waals surface area contributed by atoms with Crippen LogP contribution in [-0.4, -0.2) is 23.9 Å². The van der Waals surface area contributed by atoms with Crippen molar-refractivity contribution in [2.24, 2.45) is 0 Å². The van der Waals surface area contributed by atoms with Crippen molar-refractivity contribution in [2.75, 3.05) is 7.11 Å². The molecule has 1 aliphatic carbocycles. The van der Waals surface area contributed by atoms with Crippen molar-refractivity contribution >= 4 is 0 Å². The van der Waals surface area contributed by atoms with E-state index in [9.17, 15) is 13.9 Å². The van der Waals surface area contributed by atoms with Crippen LogP contribution >= 0.6 is 0 Å². The maximum Gasteiger partial charge on any atom is 0.159 e. The zero-order chi connectivity index (χ0) is 13.2. The van der Waals surface area contributed by atoms with Gasteiger partial charge in [0.05, 0.1) is 11.7 Å². The van der Waals surface area contributed by atoms with E-state index in [-0.39, 0.29) is 6.10 Å². The normalized spacial score (nSPS) is 28.3. The smallest absolute Gasteiger partial charge is 0.159 e. The molecule has 1 N–H and O–H groups in total. The van der Waals surface area contributed by atoms with Crippen LogP contribution in [0.4, 0.5) is 8.78 Å². The molecule has 1 aromatic carbocycles. The van der Waals surface area contributed by atoms with Crippen molar-refractivity contribution in [1.82, 2.24) is 0 Å². The largest absolute Gasteiger partial charge is 0.387 e. The molecule has 0 bridgehead atoms. The molecule has 1 aliphatic rings. The van der Waals surface area contributed by atoms with Gasteiger partial charge in [0.2, 0.25) is 0 Å². The Labute approximate surface area is 106 Å². The standard InChI is InChI=1S/C14H18F2O2/c1-18-13-4-2-3-7-14(13,17)9-10-5-6-11(15)12(16)8-10/h5-6,8,13,17H,2-4,7,9H2,1H3. The quantitative estimate of drug-likeness (QED) is 0.901. The summed E-state index contributed by atoms with van der Waals surface area (Å²) in [7, 11) is 1.58. The van der Waals surface area contributed by atoms with E-state index in [1.54, 1.807) is 7.11 Å². The Morgan fingerprint density at radius 1 is 1.33 bits per heavy atom. The second-order valence-electron chi connectivity index (χ2n) is 5.00. The molecule has 2 unspecified atom stereocenters. The summed E-state index contributed by atoms with van der Waals surface area (Å²) in [5.74, 6) is -1.74. The Hall–Kier alpha value is -1.00. The van der Waals surface area contributed by atoms with Gasteiger partial charge in [-0.1, -0.05) is 18.9 Å². The Morgan fingerprint density at radius 2 is 2.11 bits per heavy atom. The fraction of sp³-hybridized carbons (Fsp3) is 0.571. The maximum absolute atomic E-state index is 13.1. The van der Waals surface area contributed by atoms with Crippen LogP contribution in [0.3, 0.4) is 0 Å². The summed E-state index contributed by atoms with van der Waals surface area (Å²) in [6.45, 7) is 0. The minimum Gasteiger partial charge on any atom is -0.387 e. The Kier molecular flexibility index (Phi) is 3.97. The van der Waals surface area contributed by atoms with Gasteiger partial charge < -0.3 is 9.84 Å². The minimum absolute atomic E-state index is 0.237. The molecule has 2 atom stereocenters. The first-order valence-electron chi connectivity index (χ1n) is 6.24. The third-order valence-corrected chi connectivity index (χ3v) is 3.70. The molecule has 4 heteroatoms. The van der Waals surface area contributed by atoms with Gasteiger partial charge in [-0.05, 0) is 30.5 Å². The molecule has 1 aromatic rings. The molecule has 0 aromatic heterocycles. The highest BCUT2D eigenvalue weighted by molar-refractivity contribution is 5.20. The lowest BCUT2D eigenvalue weighted by molar-refractivity contribution is -0.116. The lowest BCUT2D eigenvalue weighted by atomic mass is 9.78. The number of benzene rings is 1. The van der Waals surface area contributed by atoms with E-state index in [1.165, 1.54) is 6.07 Å². The summed E-state index contributed by atoms with van der Waals surface area (Å²) in [4.78, 5) is 0. The second kappa shape index (κ2) is 5.33. The summed E-state index contributed by atoms with van der Waals surface area (Å²) in [6.07, 6.45) is 3.45. The van der Waals surface area contributed by atoms with Gasteiger partial charge in [-0.25, -0.2) is 8.78 Å². The fourth-order valence-electron chi connectivity index (χ4n) is 2.73. The van der Waals surface area contributed by atoms with Gasteiger partial charge in [-0.3, -0.25) is 0 Å². The Balaban J connectivity index is 2.17. The number of ether oxygens (including phenoxy) is 1. The summed E-state index contributed by atoms with van der Waals surface area (Å²) < 4.78 is 31.3. The number of rotatable bonds is 3. The molecule has 0 saturated heterocycles. The highest BCUT2D eigenvalue weighted by Gasteiger charge is 2.39. The first-order valence-corrected chi connectivity index (χ1v) is 6.24. The molecule has 0 amide bonds. The van der Waals surface area contributed by atoms with Crippen molar-refractivity contribution in [3.63, 3.8) is 0 Å². The molecular weight excluding hydrogens is 238 g/mol. The van der Waals surface area contributed by atoms with E-state index in [1.807, 2.05) is 0 Å². The lowest BCUT2D eigenvalue weighted by Crippen LogP contribution is -2.47. The molecule has 1 fully saturated rings. The van der Waals surface area contributed by atoms with Crippen molar-refractivity contribution in [1.29, 1.82) is 0 Å². The van der Waals surface area contributed by atoms with Crippen molar-refractivity contribution in [2.45, 2.75) is 43.8 Å². The van der Waals surface area contributed by atoms with Crippen molar-refractivity contribution in [3.8, 4) is 0 Å². The lowest BCUT2D eigenvalue weighted by Gasteiger charge is -2.39. The van der Waals surface area contributed by atoms with Crippen molar-refractivity contribution < 1.29 is 18.6 Å². The minimum atomic E-state index is -0.975. The molecule has 100 valence electrons. The van der Waals surface area contributed by atoms with Gasteiger partial charge >= 0.3 is 0 Å². The second-order valence-corrected chi connectivity index (χ2v) is 5.00. The van der Waals surface area contributed by atoms with Crippen LogP contribution in [0.25, 0.3) is 0 Å². The average molecular weight is 256 g/mol. The number of hydrogen-bond acceptors (Lipinski definition) is 2. The highest BCUT2D eigenvalue weighted by Crippen LogP contribution is 2.33. The van der Waals surface area contributed by atoms with E-state index in [2.05, 4.69) is 0 Å². The molecule has 18 heavy (non-hydrogen) atoms. The zero-order valence-electron chi connectivity index (χ0n) is 10.5. The summed E-state index contributed by atoms with van der Waals surface area (Å²) in [6, 6.07) is 3.75. The molecule has 2 rings (SSSR count). The number of aliphatic hydroxyl groups is 1. The Bertz CT molecular complexity index is 422. The van der Waals surface area contributed by atoms with Crippen LogP contribution < -0.4 is 0 Å². The Morgan fingerprint density at radius 3 is 2.78 bits per heavy atom.